The number of benzene rings is 1. The lowest BCUT2D eigenvalue weighted by Crippen LogP contribution is -2.28. The molecule has 0 aromatic heterocycles. The second-order valence-electron chi connectivity index (χ2n) is 4.51. The zero-order valence-electron chi connectivity index (χ0n) is 11.5. The molecule has 1 aliphatic rings. The van der Waals surface area contributed by atoms with Crippen LogP contribution in [0, 0.1) is 10.1 Å². The maximum absolute atomic E-state index is 12.1. The van der Waals surface area contributed by atoms with Gasteiger partial charge in [0.25, 0.3) is 0 Å². The van der Waals surface area contributed by atoms with Crippen molar-refractivity contribution in [2.24, 2.45) is 0 Å². The Morgan fingerprint density at radius 2 is 2.05 bits per heavy atom. The van der Waals surface area contributed by atoms with Crippen LogP contribution < -0.4 is 0 Å². The largest absolute Gasteiger partial charge is 0.463 e. The van der Waals surface area contributed by atoms with Gasteiger partial charge in [0.1, 0.15) is 11.7 Å². The van der Waals surface area contributed by atoms with Gasteiger partial charge >= 0.3 is 12.2 Å². The minimum Gasteiger partial charge on any atom is -0.463 e. The summed E-state index contributed by atoms with van der Waals surface area (Å²) in [5.74, 6) is -1.11. The molecule has 2 rings (SSSR count). The van der Waals surface area contributed by atoms with E-state index in [0.29, 0.717) is 5.56 Å². The van der Waals surface area contributed by atoms with Gasteiger partial charge in [0.2, 0.25) is 0 Å². The van der Waals surface area contributed by atoms with Crippen LogP contribution in [0.3, 0.4) is 0 Å². The van der Waals surface area contributed by atoms with E-state index in [1.54, 1.807) is 38.1 Å². The molecule has 0 unspecified atom stereocenters. The van der Waals surface area contributed by atoms with Gasteiger partial charge in [-0.3, -0.25) is 10.1 Å². The summed E-state index contributed by atoms with van der Waals surface area (Å²) in [5, 5.41) is 11.2. The molecule has 1 aromatic rings. The first-order valence-electron chi connectivity index (χ1n) is 6.39. The number of carbonyl (C=O) groups is 1. The second kappa shape index (κ2) is 6.26. The van der Waals surface area contributed by atoms with Crippen molar-refractivity contribution >= 4 is 21.9 Å². The predicted molar refractivity (Wildman–Crippen MR) is 78.1 cm³/mol. The fourth-order valence-electron chi connectivity index (χ4n) is 2.32. The molecule has 0 fully saturated rings. The molecule has 21 heavy (non-hydrogen) atoms. The van der Waals surface area contributed by atoms with Gasteiger partial charge in [0.15, 0.2) is 0 Å². The molecule has 1 heterocycles. The Bertz CT molecular complexity index is 596. The van der Waals surface area contributed by atoms with E-state index >= 15 is 0 Å². The molecule has 0 radical (unpaired) electrons. The van der Waals surface area contributed by atoms with Crippen LogP contribution in [0.4, 0.5) is 0 Å². The van der Waals surface area contributed by atoms with Crippen LogP contribution in [0.2, 0.25) is 0 Å². The summed E-state index contributed by atoms with van der Waals surface area (Å²) in [7, 11) is 0. The first-order chi connectivity index (χ1) is 9.95. The quantitative estimate of drug-likeness (QED) is 0.471. The highest BCUT2D eigenvalue weighted by Crippen LogP contribution is 2.40. The Labute approximate surface area is 130 Å². The van der Waals surface area contributed by atoms with Crippen LogP contribution in [0.5, 0.6) is 0 Å². The van der Waals surface area contributed by atoms with Gasteiger partial charge in [-0.1, -0.05) is 28.1 Å². The number of ether oxygens (including phenoxy) is 2. The van der Waals surface area contributed by atoms with Crippen molar-refractivity contribution in [2.75, 3.05) is 6.61 Å². The average Bonchev–Trinajstić information content (AvgIpc) is 2.78. The number of hydrogen-bond donors (Lipinski definition) is 0. The van der Waals surface area contributed by atoms with Crippen molar-refractivity contribution in [3.05, 3.63) is 55.7 Å². The fraction of sp³-hybridized carbons (Fsp3) is 0.357. The van der Waals surface area contributed by atoms with Crippen LogP contribution in [0.15, 0.2) is 40.1 Å². The molecule has 0 N–H and O–H groups in total. The minimum atomic E-state index is -1.31. The van der Waals surface area contributed by atoms with Gasteiger partial charge in [0, 0.05) is 4.47 Å². The molecule has 0 aliphatic carbocycles. The van der Waals surface area contributed by atoms with E-state index in [1.807, 2.05) is 0 Å². The first kappa shape index (κ1) is 15.5. The summed E-state index contributed by atoms with van der Waals surface area (Å²) in [6.45, 7) is 3.43. The van der Waals surface area contributed by atoms with Gasteiger partial charge < -0.3 is 9.47 Å². The molecule has 112 valence electrons. The standard InChI is InChI=1S/C14H14BrNO5/c1-3-20-14(17)11-8(2)21-13(16(18)19)12(11)9-4-6-10(15)7-5-9/h4-7,12-13H,3H2,1-2H3/t12-,13-/m1/s1. The van der Waals surface area contributed by atoms with Crippen LogP contribution in [0.1, 0.15) is 25.3 Å². The van der Waals surface area contributed by atoms with Gasteiger partial charge in [-0.25, -0.2) is 4.79 Å². The summed E-state index contributed by atoms with van der Waals surface area (Å²) in [6.07, 6.45) is -1.31. The van der Waals surface area contributed by atoms with E-state index in [9.17, 15) is 14.9 Å². The van der Waals surface area contributed by atoms with Crippen molar-refractivity contribution in [3.8, 4) is 0 Å². The van der Waals surface area contributed by atoms with Gasteiger partial charge in [0.05, 0.1) is 17.1 Å². The second-order valence-corrected chi connectivity index (χ2v) is 5.43. The molecule has 6 nitrogen and oxygen atoms in total. The number of esters is 1. The Morgan fingerprint density at radius 1 is 1.43 bits per heavy atom. The van der Waals surface area contributed by atoms with Crippen molar-refractivity contribution in [3.63, 3.8) is 0 Å². The Morgan fingerprint density at radius 3 is 2.57 bits per heavy atom. The predicted octanol–water partition coefficient (Wildman–Crippen LogP) is 3.00. The number of rotatable bonds is 4. The number of allylic oxidation sites excluding steroid dienone is 1. The van der Waals surface area contributed by atoms with E-state index < -0.39 is 23.0 Å². The van der Waals surface area contributed by atoms with Gasteiger partial charge in [-0.05, 0) is 31.5 Å². The minimum absolute atomic E-state index is 0.200. The molecule has 0 bridgehead atoms. The van der Waals surface area contributed by atoms with Crippen LogP contribution in [-0.4, -0.2) is 23.7 Å². The highest BCUT2D eigenvalue weighted by molar-refractivity contribution is 9.10. The highest BCUT2D eigenvalue weighted by atomic mass is 79.9. The molecule has 1 aromatic carbocycles. The smallest absolute Gasteiger partial charge is 0.364 e. The summed E-state index contributed by atoms with van der Waals surface area (Å²) in [6, 6.07) is 6.99. The van der Waals surface area contributed by atoms with E-state index in [-0.39, 0.29) is 17.9 Å². The highest BCUT2D eigenvalue weighted by Gasteiger charge is 2.47. The molecule has 0 spiro atoms. The van der Waals surface area contributed by atoms with Crippen molar-refractivity contribution in [1.82, 2.24) is 0 Å². The third kappa shape index (κ3) is 3.07. The Kier molecular flexibility index (Phi) is 4.62. The SMILES string of the molecule is CCOC(=O)C1=C(C)O[C@@H]([N+](=O)[O-])[C@@H]1c1ccc(Br)cc1. The van der Waals surface area contributed by atoms with Crippen molar-refractivity contribution in [2.45, 2.75) is 26.0 Å². The van der Waals surface area contributed by atoms with Crippen LogP contribution >= 0.6 is 15.9 Å². The maximum atomic E-state index is 12.1. The normalized spacial score (nSPS) is 21.1. The van der Waals surface area contributed by atoms with E-state index in [1.165, 1.54) is 0 Å². The number of hydrogen-bond acceptors (Lipinski definition) is 5. The Balaban J connectivity index is 2.45. The Hall–Kier alpha value is -1.89. The number of halogens is 1. The van der Waals surface area contributed by atoms with Gasteiger partial charge in [-0.2, -0.15) is 0 Å². The zero-order chi connectivity index (χ0) is 15.6. The monoisotopic (exact) mass is 355 g/mol. The molecular weight excluding hydrogens is 342 g/mol. The molecule has 0 saturated heterocycles. The summed E-state index contributed by atoms with van der Waals surface area (Å²) < 4.78 is 11.1. The third-order valence-corrected chi connectivity index (χ3v) is 3.73. The maximum Gasteiger partial charge on any atom is 0.364 e. The lowest BCUT2D eigenvalue weighted by atomic mass is 9.90. The summed E-state index contributed by atoms with van der Waals surface area (Å²) >= 11 is 3.31. The number of nitrogens with zero attached hydrogens (tertiary/aromatic N) is 1. The molecule has 7 heteroatoms. The molecular formula is C14H14BrNO5. The van der Waals surface area contributed by atoms with Gasteiger partial charge in [-0.15, -0.1) is 0 Å². The summed E-state index contributed by atoms with van der Waals surface area (Å²) in [5.41, 5.74) is 0.848. The third-order valence-electron chi connectivity index (χ3n) is 3.21. The molecule has 2 atom stereocenters. The first-order valence-corrected chi connectivity index (χ1v) is 7.18. The summed E-state index contributed by atoms with van der Waals surface area (Å²) in [4.78, 5) is 22.8. The van der Waals surface area contributed by atoms with Crippen molar-refractivity contribution < 1.29 is 19.2 Å². The average molecular weight is 356 g/mol. The van der Waals surface area contributed by atoms with E-state index in [2.05, 4.69) is 15.9 Å². The topological polar surface area (TPSA) is 78.7 Å². The number of carbonyl (C=O) groups excluding carboxylic acids is 1. The van der Waals surface area contributed by atoms with E-state index in [4.69, 9.17) is 9.47 Å². The zero-order valence-corrected chi connectivity index (χ0v) is 13.1. The van der Waals surface area contributed by atoms with Crippen LogP contribution in [0.25, 0.3) is 0 Å². The van der Waals surface area contributed by atoms with Crippen molar-refractivity contribution in [1.29, 1.82) is 0 Å². The lowest BCUT2D eigenvalue weighted by molar-refractivity contribution is -0.570. The number of nitro groups is 1. The fourth-order valence-corrected chi connectivity index (χ4v) is 2.58. The molecule has 1 aliphatic heterocycles. The molecule has 0 amide bonds. The van der Waals surface area contributed by atoms with Crippen LogP contribution in [-0.2, 0) is 14.3 Å². The molecule has 0 saturated carbocycles. The lowest BCUT2D eigenvalue weighted by Gasteiger charge is -2.15. The van der Waals surface area contributed by atoms with E-state index in [0.717, 1.165) is 4.47 Å².